The highest BCUT2D eigenvalue weighted by molar-refractivity contribution is 6.30. The van der Waals surface area contributed by atoms with Crippen molar-refractivity contribution in [2.45, 2.75) is 6.92 Å². The lowest BCUT2D eigenvalue weighted by molar-refractivity contribution is -0.114. The third kappa shape index (κ3) is 2.35. The second kappa shape index (κ2) is 4.94. The van der Waals surface area contributed by atoms with Gasteiger partial charge in [-0.25, -0.2) is 9.50 Å². The Bertz CT molecular complexity index is 782. The molecule has 0 saturated heterocycles. The van der Waals surface area contributed by atoms with Gasteiger partial charge in [0.2, 0.25) is 5.91 Å². The second-order valence-electron chi connectivity index (χ2n) is 4.31. The van der Waals surface area contributed by atoms with E-state index >= 15 is 0 Å². The standard InChI is InChI=1S/C14H11ClN4O/c1-9(20)16-13-8-14-17-11(7-12(15)19(14)18-13)10-5-3-2-4-6-10/h2-8H,1H3,(H,16,18,20). The molecule has 5 nitrogen and oxygen atoms in total. The summed E-state index contributed by atoms with van der Waals surface area (Å²) in [7, 11) is 0. The van der Waals surface area contributed by atoms with Crippen LogP contribution >= 0.6 is 11.6 Å². The average molecular weight is 287 g/mol. The van der Waals surface area contributed by atoms with Crippen LogP contribution in [-0.4, -0.2) is 20.5 Å². The Morgan fingerprint density at radius 2 is 2.00 bits per heavy atom. The van der Waals surface area contributed by atoms with Crippen molar-refractivity contribution in [2.75, 3.05) is 5.32 Å². The van der Waals surface area contributed by atoms with Crippen molar-refractivity contribution < 1.29 is 4.79 Å². The van der Waals surface area contributed by atoms with Crippen molar-refractivity contribution in [1.82, 2.24) is 14.6 Å². The molecule has 0 aliphatic rings. The molecule has 3 aromatic rings. The van der Waals surface area contributed by atoms with Gasteiger partial charge in [0, 0.05) is 24.6 Å². The van der Waals surface area contributed by atoms with Gasteiger partial charge in [0.25, 0.3) is 0 Å². The smallest absolute Gasteiger partial charge is 0.222 e. The van der Waals surface area contributed by atoms with E-state index in [0.717, 1.165) is 11.3 Å². The number of hydrogen-bond acceptors (Lipinski definition) is 3. The van der Waals surface area contributed by atoms with Crippen LogP contribution in [0.4, 0.5) is 5.82 Å². The molecule has 6 heteroatoms. The van der Waals surface area contributed by atoms with Crippen LogP contribution < -0.4 is 5.32 Å². The molecule has 0 fully saturated rings. The molecule has 2 aromatic heterocycles. The van der Waals surface area contributed by atoms with Crippen LogP contribution in [-0.2, 0) is 4.79 Å². The van der Waals surface area contributed by atoms with Crippen LogP contribution in [0.2, 0.25) is 5.15 Å². The summed E-state index contributed by atoms with van der Waals surface area (Å²) in [4.78, 5) is 15.5. The van der Waals surface area contributed by atoms with Crippen molar-refractivity contribution in [1.29, 1.82) is 0 Å². The first-order valence-corrected chi connectivity index (χ1v) is 6.40. The van der Waals surface area contributed by atoms with Gasteiger partial charge in [-0.2, -0.15) is 0 Å². The highest BCUT2D eigenvalue weighted by Crippen LogP contribution is 2.23. The fourth-order valence-electron chi connectivity index (χ4n) is 1.94. The molecule has 0 unspecified atom stereocenters. The Kier molecular flexibility index (Phi) is 3.12. The van der Waals surface area contributed by atoms with Gasteiger partial charge in [-0.3, -0.25) is 4.79 Å². The Balaban J connectivity index is 2.11. The molecule has 100 valence electrons. The molecule has 3 rings (SSSR count). The van der Waals surface area contributed by atoms with Crippen LogP contribution in [0.1, 0.15) is 6.92 Å². The highest BCUT2D eigenvalue weighted by atomic mass is 35.5. The number of carbonyl (C=O) groups is 1. The van der Waals surface area contributed by atoms with Crippen LogP contribution in [0.25, 0.3) is 16.9 Å². The monoisotopic (exact) mass is 286 g/mol. The number of aromatic nitrogens is 3. The lowest BCUT2D eigenvalue weighted by Crippen LogP contribution is -2.06. The Hall–Kier alpha value is -2.40. The minimum atomic E-state index is -0.187. The minimum Gasteiger partial charge on any atom is -0.309 e. The summed E-state index contributed by atoms with van der Waals surface area (Å²) in [5.74, 6) is 0.241. The van der Waals surface area contributed by atoms with Crippen LogP contribution in [0, 0.1) is 0 Å². The van der Waals surface area contributed by atoms with Gasteiger partial charge in [0.05, 0.1) is 5.69 Å². The summed E-state index contributed by atoms with van der Waals surface area (Å²) in [6, 6.07) is 13.2. The first-order chi connectivity index (χ1) is 9.63. The molecule has 0 aliphatic heterocycles. The zero-order valence-electron chi connectivity index (χ0n) is 10.7. The molecule has 0 atom stereocenters. The van der Waals surface area contributed by atoms with E-state index < -0.39 is 0 Å². The lowest BCUT2D eigenvalue weighted by Gasteiger charge is -2.02. The molecular weight excluding hydrogens is 276 g/mol. The number of amides is 1. The summed E-state index contributed by atoms with van der Waals surface area (Å²) in [6.07, 6.45) is 0. The highest BCUT2D eigenvalue weighted by Gasteiger charge is 2.10. The molecule has 20 heavy (non-hydrogen) atoms. The predicted molar refractivity (Wildman–Crippen MR) is 77.7 cm³/mol. The van der Waals surface area contributed by atoms with E-state index in [1.54, 1.807) is 12.1 Å². The average Bonchev–Trinajstić information content (AvgIpc) is 2.82. The second-order valence-corrected chi connectivity index (χ2v) is 4.70. The lowest BCUT2D eigenvalue weighted by atomic mass is 10.1. The number of fused-ring (bicyclic) bond motifs is 1. The summed E-state index contributed by atoms with van der Waals surface area (Å²) >= 11 is 6.21. The van der Waals surface area contributed by atoms with Gasteiger partial charge < -0.3 is 5.32 Å². The van der Waals surface area contributed by atoms with Crippen molar-refractivity contribution in [3.8, 4) is 11.3 Å². The number of anilines is 1. The Morgan fingerprint density at radius 1 is 1.25 bits per heavy atom. The normalized spacial score (nSPS) is 10.7. The van der Waals surface area contributed by atoms with Crippen molar-refractivity contribution >= 4 is 29.0 Å². The van der Waals surface area contributed by atoms with Crippen LogP contribution in [0.3, 0.4) is 0 Å². The zero-order chi connectivity index (χ0) is 14.1. The van der Waals surface area contributed by atoms with E-state index in [9.17, 15) is 4.79 Å². The van der Waals surface area contributed by atoms with Gasteiger partial charge in [0.15, 0.2) is 11.5 Å². The number of carbonyl (C=O) groups excluding carboxylic acids is 1. The molecule has 1 N–H and O–H groups in total. The summed E-state index contributed by atoms with van der Waals surface area (Å²) < 4.78 is 1.49. The van der Waals surface area contributed by atoms with E-state index in [1.807, 2.05) is 30.3 Å². The number of benzene rings is 1. The zero-order valence-corrected chi connectivity index (χ0v) is 11.4. The van der Waals surface area contributed by atoms with E-state index in [4.69, 9.17) is 11.6 Å². The fraction of sp³-hybridized carbons (Fsp3) is 0.0714. The van der Waals surface area contributed by atoms with Crippen molar-refractivity contribution in [3.63, 3.8) is 0 Å². The molecule has 0 aliphatic carbocycles. The van der Waals surface area contributed by atoms with E-state index in [1.165, 1.54) is 11.4 Å². The first-order valence-electron chi connectivity index (χ1n) is 6.03. The molecule has 1 amide bonds. The number of nitrogens with one attached hydrogen (secondary N) is 1. The van der Waals surface area contributed by atoms with Crippen molar-refractivity contribution in [2.24, 2.45) is 0 Å². The maximum Gasteiger partial charge on any atom is 0.222 e. The molecular formula is C14H11ClN4O. The summed E-state index contributed by atoms with van der Waals surface area (Å²) in [5.41, 5.74) is 2.32. The maximum atomic E-state index is 11.0. The quantitative estimate of drug-likeness (QED) is 0.737. The summed E-state index contributed by atoms with van der Waals surface area (Å²) in [6.45, 7) is 1.43. The topological polar surface area (TPSA) is 59.3 Å². The van der Waals surface area contributed by atoms with E-state index in [2.05, 4.69) is 15.4 Å². The third-order valence-corrected chi connectivity index (χ3v) is 3.03. The third-order valence-electron chi connectivity index (χ3n) is 2.76. The van der Waals surface area contributed by atoms with Crippen LogP contribution in [0.5, 0.6) is 0 Å². The molecule has 2 heterocycles. The van der Waals surface area contributed by atoms with Gasteiger partial charge in [-0.05, 0) is 0 Å². The van der Waals surface area contributed by atoms with Gasteiger partial charge in [-0.15, -0.1) is 5.10 Å². The number of rotatable bonds is 2. The SMILES string of the molecule is CC(=O)Nc1cc2nc(-c3ccccc3)cc(Cl)n2n1. The Labute approximate surface area is 120 Å². The molecule has 0 radical (unpaired) electrons. The number of hydrogen-bond donors (Lipinski definition) is 1. The molecule has 0 bridgehead atoms. The number of halogens is 1. The van der Waals surface area contributed by atoms with Crippen LogP contribution in [0.15, 0.2) is 42.5 Å². The minimum absolute atomic E-state index is 0.187. The fourth-order valence-corrected chi connectivity index (χ4v) is 2.16. The number of nitrogens with zero attached hydrogens (tertiary/aromatic N) is 3. The molecule has 0 spiro atoms. The Morgan fingerprint density at radius 3 is 2.70 bits per heavy atom. The maximum absolute atomic E-state index is 11.0. The first kappa shape index (κ1) is 12.6. The van der Waals surface area contributed by atoms with Gasteiger partial charge in [-0.1, -0.05) is 41.9 Å². The van der Waals surface area contributed by atoms with E-state index in [0.29, 0.717) is 16.6 Å². The molecule has 0 saturated carbocycles. The summed E-state index contributed by atoms with van der Waals surface area (Å²) in [5, 5.41) is 7.22. The predicted octanol–water partition coefficient (Wildman–Crippen LogP) is 3.01. The molecule has 1 aromatic carbocycles. The largest absolute Gasteiger partial charge is 0.309 e. The van der Waals surface area contributed by atoms with Gasteiger partial charge >= 0.3 is 0 Å². The van der Waals surface area contributed by atoms with Crippen molar-refractivity contribution in [3.05, 3.63) is 47.6 Å². The van der Waals surface area contributed by atoms with E-state index in [-0.39, 0.29) is 5.91 Å². The van der Waals surface area contributed by atoms with Gasteiger partial charge in [0.1, 0.15) is 5.15 Å².